The van der Waals surface area contributed by atoms with Crippen molar-refractivity contribution < 1.29 is 42.9 Å². The summed E-state index contributed by atoms with van der Waals surface area (Å²) in [5.41, 5.74) is 1.82. The number of rotatable bonds is 16. The molecule has 7 rings (SSSR count). The zero-order valence-electron chi connectivity index (χ0n) is 34.3. The molecule has 3 fully saturated rings. The van der Waals surface area contributed by atoms with Crippen molar-refractivity contribution in [3.8, 4) is 34.4 Å². The number of alkyl carbamates (subject to hydrolysis) is 1. The van der Waals surface area contributed by atoms with Gasteiger partial charge in [0.25, 0.3) is 5.91 Å². The highest BCUT2D eigenvalue weighted by atomic mass is 32.2. The molecule has 3 N–H and O–H groups in total. The molecule has 15 nitrogen and oxygen atoms in total. The van der Waals surface area contributed by atoms with Gasteiger partial charge in [-0.15, -0.1) is 0 Å². The van der Waals surface area contributed by atoms with E-state index in [9.17, 15) is 19.2 Å². The van der Waals surface area contributed by atoms with E-state index in [4.69, 9.17) is 28.7 Å². The quantitative estimate of drug-likeness (QED) is 0.143. The van der Waals surface area contributed by atoms with Gasteiger partial charge in [0.15, 0.2) is 11.5 Å². The van der Waals surface area contributed by atoms with E-state index < -0.39 is 29.5 Å². The molecule has 2 atom stereocenters. The van der Waals surface area contributed by atoms with Gasteiger partial charge in [-0.05, 0) is 80.2 Å². The molecule has 0 radical (unpaired) electrons. The number of nitrogens with one attached hydrogen (secondary N) is 3. The number of hydrogen-bond acceptors (Lipinski definition) is 12. The van der Waals surface area contributed by atoms with Crippen LogP contribution in [-0.4, -0.2) is 96.2 Å². The van der Waals surface area contributed by atoms with Crippen LogP contribution in [0.2, 0.25) is 0 Å². The number of fused-ring (bicyclic) bond motifs is 3. The Morgan fingerprint density at radius 1 is 1.00 bits per heavy atom. The van der Waals surface area contributed by atoms with Crippen LogP contribution in [0.25, 0.3) is 22.3 Å². The summed E-state index contributed by atoms with van der Waals surface area (Å²) in [5.74, 6) is 2.39. The van der Waals surface area contributed by atoms with Crippen molar-refractivity contribution in [1.29, 1.82) is 0 Å². The first-order valence-corrected chi connectivity index (χ1v) is 21.0. The SMILES string of the molecule is CC(C)C.COc1nc2ccc3c(c2nc1-c1cccc(OCC(C)(C)COC(=O)NCC(=O)N2CCCC2C(=O)NC(CC2CC2)C(=O)NSC2CC2)c1)OCO3. The predicted octanol–water partition coefficient (Wildman–Crippen LogP) is 6.03. The van der Waals surface area contributed by atoms with E-state index in [0.29, 0.717) is 76.8 Å². The lowest BCUT2D eigenvalue weighted by atomic mass is 9.96. The number of aromatic nitrogens is 2. The standard InChI is InChI=1S/C38H46N6O9S.C4H10/c1-38(2,19-50-24-7-4-6-23(17-24)31-36(49-3)41-26-13-14-29-33(32(26)42-31)53-21-52-29)20-51-37(48)39-18-30(45)44-15-5-8-28(44)35(47)40-27(16-22-9-10-22)34(46)43-54-25-11-12-25;1-4(2)3/h4,6-7,13-14,17,22,25,27-28H,5,8-12,15-16,18-21H2,1-3H3,(H,39,48)(H,40,47)(H,43,46);4H,1-3H3. The van der Waals surface area contributed by atoms with E-state index in [-0.39, 0.29) is 38.4 Å². The summed E-state index contributed by atoms with van der Waals surface area (Å²) in [6.07, 6.45) is 5.26. The molecular formula is C42H56N6O9S. The highest BCUT2D eigenvalue weighted by molar-refractivity contribution is 7.98. The lowest BCUT2D eigenvalue weighted by molar-refractivity contribution is -0.138. The van der Waals surface area contributed by atoms with Crippen molar-refractivity contribution in [2.24, 2.45) is 17.3 Å². The van der Waals surface area contributed by atoms with E-state index in [1.54, 1.807) is 12.1 Å². The van der Waals surface area contributed by atoms with Gasteiger partial charge in [-0.2, -0.15) is 0 Å². The lowest BCUT2D eigenvalue weighted by Crippen LogP contribution is -2.53. The second-order valence-electron chi connectivity index (χ2n) is 16.7. The van der Waals surface area contributed by atoms with Crippen LogP contribution in [0.5, 0.6) is 23.1 Å². The maximum atomic E-state index is 13.3. The summed E-state index contributed by atoms with van der Waals surface area (Å²) in [6, 6.07) is 9.63. The van der Waals surface area contributed by atoms with Crippen molar-refractivity contribution in [2.75, 3.05) is 40.2 Å². The number of carbonyl (C=O) groups is 4. The van der Waals surface area contributed by atoms with E-state index in [1.807, 2.05) is 38.1 Å². The number of benzene rings is 2. The minimum absolute atomic E-state index is 0.0160. The van der Waals surface area contributed by atoms with Crippen molar-refractivity contribution in [3.63, 3.8) is 0 Å². The van der Waals surface area contributed by atoms with Crippen LogP contribution in [-0.2, 0) is 19.1 Å². The Labute approximate surface area is 344 Å². The zero-order valence-corrected chi connectivity index (χ0v) is 35.1. The van der Waals surface area contributed by atoms with E-state index >= 15 is 0 Å². The first-order valence-electron chi connectivity index (χ1n) is 20.1. The van der Waals surface area contributed by atoms with Gasteiger partial charge < -0.3 is 39.2 Å². The molecule has 4 amide bonds. The largest absolute Gasteiger partial charge is 0.493 e. The van der Waals surface area contributed by atoms with Gasteiger partial charge in [0, 0.05) is 22.8 Å². The molecule has 1 saturated heterocycles. The number of carbonyl (C=O) groups excluding carboxylic acids is 4. The third kappa shape index (κ3) is 11.8. The Morgan fingerprint density at radius 3 is 2.50 bits per heavy atom. The third-order valence-corrected chi connectivity index (χ3v) is 10.8. The van der Waals surface area contributed by atoms with Crippen molar-refractivity contribution in [2.45, 2.75) is 96.9 Å². The van der Waals surface area contributed by atoms with Crippen molar-refractivity contribution in [1.82, 2.24) is 30.2 Å². The summed E-state index contributed by atoms with van der Waals surface area (Å²) >= 11 is 1.42. The summed E-state index contributed by atoms with van der Waals surface area (Å²) in [6.45, 7) is 10.7. The van der Waals surface area contributed by atoms with Gasteiger partial charge in [0.05, 0.1) is 19.2 Å². The monoisotopic (exact) mass is 820 g/mol. The lowest BCUT2D eigenvalue weighted by Gasteiger charge is -2.27. The topological polar surface area (TPSA) is 180 Å². The van der Waals surface area contributed by atoms with E-state index in [2.05, 4.69) is 41.1 Å². The number of methoxy groups -OCH3 is 1. The molecule has 58 heavy (non-hydrogen) atoms. The van der Waals surface area contributed by atoms with Gasteiger partial charge in [0.2, 0.25) is 24.5 Å². The van der Waals surface area contributed by atoms with Crippen LogP contribution in [0, 0.1) is 17.3 Å². The van der Waals surface area contributed by atoms with Gasteiger partial charge in [0.1, 0.15) is 42.2 Å². The van der Waals surface area contributed by atoms with Crippen LogP contribution >= 0.6 is 11.9 Å². The molecule has 3 aromatic rings. The maximum Gasteiger partial charge on any atom is 0.407 e. The number of ether oxygens (including phenoxy) is 5. The van der Waals surface area contributed by atoms with Gasteiger partial charge in [-0.1, -0.05) is 59.6 Å². The molecule has 3 heterocycles. The Balaban J connectivity index is 0.00000135. The van der Waals surface area contributed by atoms with Crippen LogP contribution in [0.4, 0.5) is 4.79 Å². The van der Waals surface area contributed by atoms with Crippen LogP contribution in [0.15, 0.2) is 36.4 Å². The fourth-order valence-corrected chi connectivity index (χ4v) is 7.13. The normalized spacial score (nSPS) is 17.6. The molecule has 314 valence electrons. The van der Waals surface area contributed by atoms with Crippen molar-refractivity contribution in [3.05, 3.63) is 36.4 Å². The Bertz CT molecular complexity index is 1950. The Morgan fingerprint density at radius 2 is 1.78 bits per heavy atom. The van der Waals surface area contributed by atoms with Crippen LogP contribution < -0.4 is 34.3 Å². The molecule has 1 aromatic heterocycles. The second kappa shape index (κ2) is 19.2. The number of amides is 4. The fraction of sp³-hybridized carbons (Fsp3) is 0.571. The number of hydrogen-bond donors (Lipinski definition) is 3. The second-order valence-corrected chi connectivity index (χ2v) is 17.8. The maximum absolute atomic E-state index is 13.3. The average molecular weight is 821 g/mol. The summed E-state index contributed by atoms with van der Waals surface area (Å²) < 4.78 is 31.2. The molecular weight excluding hydrogens is 765 g/mol. The molecule has 4 aliphatic rings. The molecule has 2 aliphatic carbocycles. The minimum atomic E-state index is -0.754. The smallest absolute Gasteiger partial charge is 0.407 e. The summed E-state index contributed by atoms with van der Waals surface area (Å²) in [4.78, 5) is 62.9. The highest BCUT2D eigenvalue weighted by Gasteiger charge is 2.38. The minimum Gasteiger partial charge on any atom is -0.493 e. The molecule has 2 saturated carbocycles. The first-order chi connectivity index (χ1) is 27.8. The van der Waals surface area contributed by atoms with Crippen molar-refractivity contribution >= 4 is 46.8 Å². The van der Waals surface area contributed by atoms with Gasteiger partial charge >= 0.3 is 6.09 Å². The molecule has 16 heteroatoms. The Hall–Kier alpha value is -4.99. The van der Waals surface area contributed by atoms with E-state index in [1.165, 1.54) is 24.0 Å². The molecule has 2 aliphatic heterocycles. The predicted molar refractivity (Wildman–Crippen MR) is 220 cm³/mol. The fourth-order valence-electron chi connectivity index (χ4n) is 6.34. The van der Waals surface area contributed by atoms with Gasteiger partial charge in [-0.3, -0.25) is 19.1 Å². The molecule has 0 spiro atoms. The zero-order chi connectivity index (χ0) is 41.4. The molecule has 2 aromatic carbocycles. The average Bonchev–Trinajstić information content (AvgIpc) is 4.11. The molecule has 2 unspecified atom stereocenters. The highest BCUT2D eigenvalue weighted by Crippen LogP contribution is 2.41. The summed E-state index contributed by atoms with van der Waals surface area (Å²) in [5, 5.41) is 5.89. The van der Waals surface area contributed by atoms with Gasteiger partial charge in [-0.25, -0.2) is 14.8 Å². The Kier molecular flexibility index (Phi) is 14.1. The van der Waals surface area contributed by atoms with Crippen LogP contribution in [0.1, 0.15) is 79.6 Å². The molecule has 0 bridgehead atoms. The first kappa shape index (κ1) is 42.6. The summed E-state index contributed by atoms with van der Waals surface area (Å²) in [7, 11) is 1.54. The number of likely N-dealkylation sites (tertiary alicyclic amines) is 1. The third-order valence-electron chi connectivity index (χ3n) is 9.67. The van der Waals surface area contributed by atoms with E-state index in [0.717, 1.165) is 37.2 Å². The number of nitrogens with zero attached hydrogens (tertiary/aromatic N) is 3. The van der Waals surface area contributed by atoms with Crippen LogP contribution in [0.3, 0.4) is 0 Å².